The van der Waals surface area contributed by atoms with Crippen LogP contribution in [0.3, 0.4) is 0 Å². The first-order valence-corrected chi connectivity index (χ1v) is 8.27. The molecule has 1 unspecified atom stereocenters. The molecule has 2 heterocycles. The predicted molar refractivity (Wildman–Crippen MR) is 84.2 cm³/mol. The van der Waals surface area contributed by atoms with Gasteiger partial charge in [-0.25, -0.2) is 0 Å². The minimum absolute atomic E-state index is 0.0965. The number of aromatic hydroxyl groups is 1. The van der Waals surface area contributed by atoms with E-state index in [2.05, 4.69) is 5.32 Å². The number of hydrogen-bond donors (Lipinski definition) is 2. The van der Waals surface area contributed by atoms with E-state index >= 15 is 0 Å². The van der Waals surface area contributed by atoms with E-state index in [1.807, 2.05) is 12.1 Å². The molecule has 0 radical (unpaired) electrons. The van der Waals surface area contributed by atoms with Crippen LogP contribution in [0.2, 0.25) is 0 Å². The largest absolute Gasteiger partial charge is 0.508 e. The van der Waals surface area contributed by atoms with Crippen LogP contribution < -0.4 is 5.32 Å². The zero-order valence-electron chi connectivity index (χ0n) is 11.7. The number of benzene rings is 1. The fraction of sp³-hybridized carbons (Fsp3) is 0.353. The first-order chi connectivity index (χ1) is 10.2. The van der Waals surface area contributed by atoms with Gasteiger partial charge < -0.3 is 10.4 Å². The van der Waals surface area contributed by atoms with Crippen LogP contribution >= 0.6 is 11.3 Å². The number of aryl methyl sites for hydroxylation is 1. The molecule has 1 aliphatic carbocycles. The maximum absolute atomic E-state index is 12.0. The van der Waals surface area contributed by atoms with Crippen molar-refractivity contribution in [1.29, 1.82) is 0 Å². The molecule has 1 aromatic heterocycles. The Balaban J connectivity index is 1.84. The summed E-state index contributed by atoms with van der Waals surface area (Å²) in [6, 6.07) is 7.30. The van der Waals surface area contributed by atoms with Crippen LogP contribution in [0.15, 0.2) is 24.3 Å². The van der Waals surface area contributed by atoms with Crippen molar-refractivity contribution in [3.63, 3.8) is 0 Å². The van der Waals surface area contributed by atoms with Gasteiger partial charge in [-0.1, -0.05) is 12.1 Å². The third-order valence-electron chi connectivity index (χ3n) is 4.50. The summed E-state index contributed by atoms with van der Waals surface area (Å²) in [6.45, 7) is 0. The van der Waals surface area contributed by atoms with Gasteiger partial charge >= 0.3 is 0 Å². The molecule has 0 saturated carbocycles. The second kappa shape index (κ2) is 4.88. The Bertz CT molecular complexity index is 702. The first-order valence-electron chi connectivity index (χ1n) is 7.45. The molecular weight excluding hydrogens is 282 g/mol. The van der Waals surface area contributed by atoms with Gasteiger partial charge in [-0.05, 0) is 54.5 Å². The summed E-state index contributed by atoms with van der Waals surface area (Å²) in [7, 11) is 0. The summed E-state index contributed by atoms with van der Waals surface area (Å²) in [5.41, 5.74) is 3.93. The van der Waals surface area contributed by atoms with Gasteiger partial charge in [0.05, 0.1) is 5.00 Å². The van der Waals surface area contributed by atoms with E-state index in [0.717, 1.165) is 23.4 Å². The quantitative estimate of drug-likeness (QED) is 0.841. The van der Waals surface area contributed by atoms with Gasteiger partial charge in [0.25, 0.3) is 0 Å². The van der Waals surface area contributed by atoms with Crippen molar-refractivity contribution in [2.24, 2.45) is 0 Å². The van der Waals surface area contributed by atoms with E-state index < -0.39 is 0 Å². The van der Waals surface area contributed by atoms with Crippen molar-refractivity contribution in [2.45, 2.75) is 38.0 Å². The number of fused-ring (bicyclic) bond motifs is 3. The van der Waals surface area contributed by atoms with E-state index in [4.69, 9.17) is 0 Å². The number of hydrogen-bond acceptors (Lipinski definition) is 3. The van der Waals surface area contributed by atoms with Crippen LogP contribution in [0.25, 0.3) is 0 Å². The molecule has 21 heavy (non-hydrogen) atoms. The van der Waals surface area contributed by atoms with Gasteiger partial charge in [-0.15, -0.1) is 11.3 Å². The number of amides is 1. The Morgan fingerprint density at radius 3 is 2.71 bits per heavy atom. The van der Waals surface area contributed by atoms with Gasteiger partial charge in [0.15, 0.2) is 0 Å². The number of carbonyl (C=O) groups excluding carboxylic acids is 1. The summed E-state index contributed by atoms with van der Waals surface area (Å²) in [5.74, 6) is 0.498. The molecule has 1 amide bonds. The molecule has 0 fully saturated rings. The van der Waals surface area contributed by atoms with Crippen LogP contribution in [0.1, 0.15) is 46.7 Å². The number of rotatable bonds is 1. The molecule has 0 spiro atoms. The maximum Gasteiger partial charge on any atom is 0.225 e. The second-order valence-corrected chi connectivity index (χ2v) is 6.96. The third kappa shape index (κ3) is 2.14. The van der Waals surface area contributed by atoms with Gasteiger partial charge in [-0.2, -0.15) is 0 Å². The van der Waals surface area contributed by atoms with Crippen LogP contribution in [-0.2, 0) is 17.6 Å². The molecule has 0 bridgehead atoms. The molecule has 4 heteroatoms. The molecule has 1 aromatic carbocycles. The van der Waals surface area contributed by atoms with Crippen LogP contribution in [-0.4, -0.2) is 11.0 Å². The maximum atomic E-state index is 12.0. The van der Waals surface area contributed by atoms with Gasteiger partial charge in [0.1, 0.15) is 5.75 Å². The molecule has 1 atom stereocenters. The van der Waals surface area contributed by atoms with E-state index in [1.54, 1.807) is 23.5 Å². The van der Waals surface area contributed by atoms with Crippen molar-refractivity contribution in [1.82, 2.24) is 0 Å². The van der Waals surface area contributed by atoms with Gasteiger partial charge in [-0.3, -0.25) is 4.79 Å². The number of anilines is 1. The molecule has 4 rings (SSSR count). The lowest BCUT2D eigenvalue weighted by molar-refractivity contribution is -0.116. The van der Waals surface area contributed by atoms with Gasteiger partial charge in [0.2, 0.25) is 5.91 Å². The average molecular weight is 299 g/mol. The van der Waals surface area contributed by atoms with Crippen molar-refractivity contribution in [3.8, 4) is 5.75 Å². The molecule has 2 aliphatic rings. The van der Waals surface area contributed by atoms with Gasteiger partial charge in [0, 0.05) is 17.2 Å². The normalized spacial score (nSPS) is 20.6. The molecule has 2 aromatic rings. The lowest BCUT2D eigenvalue weighted by atomic mass is 9.82. The van der Waals surface area contributed by atoms with Crippen molar-refractivity contribution >= 4 is 22.2 Å². The summed E-state index contributed by atoms with van der Waals surface area (Å²) in [6.07, 6.45) is 5.27. The Kier molecular flexibility index (Phi) is 3.00. The Morgan fingerprint density at radius 2 is 1.90 bits per heavy atom. The van der Waals surface area contributed by atoms with E-state index in [-0.39, 0.29) is 17.6 Å². The van der Waals surface area contributed by atoms with E-state index in [1.165, 1.54) is 28.8 Å². The summed E-state index contributed by atoms with van der Waals surface area (Å²) >= 11 is 1.76. The number of phenols is 1. The lowest BCUT2D eigenvalue weighted by Gasteiger charge is -2.25. The zero-order chi connectivity index (χ0) is 14.4. The van der Waals surface area contributed by atoms with E-state index in [0.29, 0.717) is 6.42 Å². The highest BCUT2D eigenvalue weighted by molar-refractivity contribution is 7.16. The Hall–Kier alpha value is -1.81. The SMILES string of the molecule is O=C1CC(c2ccc(O)cc2)c2c(sc3c2CCCC3)N1. The zero-order valence-corrected chi connectivity index (χ0v) is 12.5. The van der Waals surface area contributed by atoms with E-state index in [9.17, 15) is 9.90 Å². The highest BCUT2D eigenvalue weighted by atomic mass is 32.1. The van der Waals surface area contributed by atoms with Crippen LogP contribution in [0.4, 0.5) is 5.00 Å². The predicted octanol–water partition coefficient (Wildman–Crippen LogP) is 3.81. The minimum Gasteiger partial charge on any atom is -0.508 e. The molecule has 0 saturated heterocycles. The van der Waals surface area contributed by atoms with Crippen molar-refractivity contribution < 1.29 is 9.90 Å². The average Bonchev–Trinajstić information content (AvgIpc) is 2.85. The first kappa shape index (κ1) is 12.9. The number of nitrogens with one attached hydrogen (secondary N) is 1. The Labute approximate surface area is 127 Å². The number of carbonyl (C=O) groups is 1. The van der Waals surface area contributed by atoms with Crippen molar-refractivity contribution in [3.05, 3.63) is 45.8 Å². The smallest absolute Gasteiger partial charge is 0.225 e. The second-order valence-electron chi connectivity index (χ2n) is 5.85. The van der Waals surface area contributed by atoms with Crippen LogP contribution in [0.5, 0.6) is 5.75 Å². The molecule has 1 aliphatic heterocycles. The molecular formula is C17H17NO2S. The molecule has 2 N–H and O–H groups in total. The molecule has 3 nitrogen and oxygen atoms in total. The van der Waals surface area contributed by atoms with Crippen LogP contribution in [0, 0.1) is 0 Å². The fourth-order valence-corrected chi connectivity index (χ4v) is 4.88. The third-order valence-corrected chi connectivity index (χ3v) is 5.72. The standard InChI is InChI=1S/C17H17NO2S/c19-11-7-5-10(6-8-11)13-9-15(20)18-17-16(13)12-3-1-2-4-14(12)21-17/h5-8,13,19H,1-4,9H2,(H,18,20). The summed E-state index contributed by atoms with van der Waals surface area (Å²) < 4.78 is 0. The van der Waals surface area contributed by atoms with Crippen molar-refractivity contribution in [2.75, 3.05) is 5.32 Å². The number of phenolic OH excluding ortho intramolecular Hbond substituents is 1. The topological polar surface area (TPSA) is 49.3 Å². The lowest BCUT2D eigenvalue weighted by Crippen LogP contribution is -2.23. The Morgan fingerprint density at radius 1 is 1.14 bits per heavy atom. The summed E-state index contributed by atoms with van der Waals surface area (Å²) in [4.78, 5) is 13.5. The fourth-order valence-electron chi connectivity index (χ4n) is 3.51. The number of thiophene rings is 1. The highest BCUT2D eigenvalue weighted by Crippen LogP contribution is 2.47. The summed E-state index contributed by atoms with van der Waals surface area (Å²) in [5, 5.41) is 13.6. The minimum atomic E-state index is 0.0965. The highest BCUT2D eigenvalue weighted by Gasteiger charge is 2.33. The monoisotopic (exact) mass is 299 g/mol. The molecule has 108 valence electrons.